The van der Waals surface area contributed by atoms with Gasteiger partial charge in [0.15, 0.2) is 0 Å². The number of hydrogen-bond acceptors (Lipinski definition) is 3. The van der Waals surface area contributed by atoms with Gasteiger partial charge in [-0.2, -0.15) is 0 Å². The lowest BCUT2D eigenvalue weighted by atomic mass is 10.1. The van der Waals surface area contributed by atoms with E-state index in [1.807, 2.05) is 12.1 Å². The van der Waals surface area contributed by atoms with Gasteiger partial charge in [-0.25, -0.2) is 4.98 Å². The van der Waals surface area contributed by atoms with Crippen molar-refractivity contribution in [1.82, 2.24) is 4.98 Å². The van der Waals surface area contributed by atoms with Gasteiger partial charge in [0.2, 0.25) is 0 Å². The first kappa shape index (κ1) is 14.8. The number of hydrogen-bond donors (Lipinski definition) is 1. The first-order chi connectivity index (χ1) is 10.7. The zero-order valence-electron chi connectivity index (χ0n) is 12.8. The molecule has 3 rings (SSSR count). The summed E-state index contributed by atoms with van der Waals surface area (Å²) >= 11 is 1.73. The standard InChI is InChI=1S/C19H20N2S/c1-2-14-3-5-15(6-4-14)11-18-13-22-19(21-18)12-16-7-9-17(20)10-8-16/h3-10,13H,2,11-12,20H2,1H3. The van der Waals surface area contributed by atoms with Crippen LogP contribution in [0.15, 0.2) is 53.9 Å². The average Bonchev–Trinajstić information content (AvgIpc) is 2.97. The van der Waals surface area contributed by atoms with E-state index in [2.05, 4.69) is 48.7 Å². The summed E-state index contributed by atoms with van der Waals surface area (Å²) in [5.74, 6) is 0. The number of aromatic nitrogens is 1. The van der Waals surface area contributed by atoms with Crippen LogP contribution in [-0.4, -0.2) is 4.98 Å². The molecule has 0 saturated carbocycles. The molecular weight excluding hydrogens is 288 g/mol. The topological polar surface area (TPSA) is 38.9 Å². The van der Waals surface area contributed by atoms with Crippen LogP contribution in [0.1, 0.15) is 34.3 Å². The fourth-order valence-corrected chi connectivity index (χ4v) is 3.25. The summed E-state index contributed by atoms with van der Waals surface area (Å²) in [6.07, 6.45) is 2.87. The molecule has 0 fully saturated rings. The number of anilines is 1. The molecule has 22 heavy (non-hydrogen) atoms. The smallest absolute Gasteiger partial charge is 0.0972 e. The molecule has 2 N–H and O–H groups in total. The van der Waals surface area contributed by atoms with E-state index in [9.17, 15) is 0 Å². The highest BCUT2D eigenvalue weighted by atomic mass is 32.1. The van der Waals surface area contributed by atoms with Crippen molar-refractivity contribution >= 4 is 17.0 Å². The van der Waals surface area contributed by atoms with E-state index >= 15 is 0 Å². The minimum atomic E-state index is 0.805. The molecule has 2 nitrogen and oxygen atoms in total. The Hall–Kier alpha value is -2.13. The highest BCUT2D eigenvalue weighted by molar-refractivity contribution is 7.09. The number of nitrogens with two attached hydrogens (primary N) is 1. The van der Waals surface area contributed by atoms with Crippen molar-refractivity contribution in [3.8, 4) is 0 Å². The minimum absolute atomic E-state index is 0.805. The Labute approximate surface area is 135 Å². The second kappa shape index (κ2) is 6.75. The summed E-state index contributed by atoms with van der Waals surface area (Å²) in [5, 5.41) is 3.32. The zero-order chi connectivity index (χ0) is 15.4. The Morgan fingerprint density at radius 2 is 1.45 bits per heavy atom. The largest absolute Gasteiger partial charge is 0.399 e. The maximum atomic E-state index is 5.72. The van der Waals surface area contributed by atoms with Crippen molar-refractivity contribution < 1.29 is 0 Å². The van der Waals surface area contributed by atoms with Gasteiger partial charge in [0.05, 0.1) is 10.7 Å². The first-order valence-corrected chi connectivity index (χ1v) is 8.46. The lowest BCUT2D eigenvalue weighted by molar-refractivity contribution is 1.04. The van der Waals surface area contributed by atoms with Gasteiger partial charge in [0.25, 0.3) is 0 Å². The van der Waals surface area contributed by atoms with E-state index in [1.54, 1.807) is 11.3 Å². The molecular formula is C19H20N2S. The van der Waals surface area contributed by atoms with E-state index in [1.165, 1.54) is 16.7 Å². The number of thiazole rings is 1. The number of nitrogen functional groups attached to an aromatic ring is 1. The number of aryl methyl sites for hydroxylation is 1. The van der Waals surface area contributed by atoms with Crippen LogP contribution in [0.4, 0.5) is 5.69 Å². The first-order valence-electron chi connectivity index (χ1n) is 7.58. The van der Waals surface area contributed by atoms with E-state index in [0.29, 0.717) is 0 Å². The average molecular weight is 308 g/mol. The molecule has 0 spiro atoms. The molecule has 0 saturated heterocycles. The van der Waals surface area contributed by atoms with E-state index in [0.717, 1.165) is 35.7 Å². The number of rotatable bonds is 5. The Balaban J connectivity index is 1.66. The highest BCUT2D eigenvalue weighted by Crippen LogP contribution is 2.18. The molecule has 3 heteroatoms. The third kappa shape index (κ3) is 3.74. The van der Waals surface area contributed by atoms with Gasteiger partial charge < -0.3 is 5.73 Å². The van der Waals surface area contributed by atoms with Crippen LogP contribution in [-0.2, 0) is 19.3 Å². The van der Waals surface area contributed by atoms with Gasteiger partial charge in [0.1, 0.15) is 0 Å². The van der Waals surface area contributed by atoms with E-state index in [-0.39, 0.29) is 0 Å². The van der Waals surface area contributed by atoms with Gasteiger partial charge >= 0.3 is 0 Å². The number of benzene rings is 2. The Morgan fingerprint density at radius 3 is 2.14 bits per heavy atom. The second-order valence-corrected chi connectivity index (χ2v) is 6.44. The second-order valence-electron chi connectivity index (χ2n) is 5.50. The van der Waals surface area contributed by atoms with Crippen LogP contribution >= 0.6 is 11.3 Å². The van der Waals surface area contributed by atoms with Crippen molar-refractivity contribution in [3.63, 3.8) is 0 Å². The van der Waals surface area contributed by atoms with Crippen LogP contribution in [0.2, 0.25) is 0 Å². The zero-order valence-corrected chi connectivity index (χ0v) is 13.6. The summed E-state index contributed by atoms with van der Waals surface area (Å²) in [7, 11) is 0. The van der Waals surface area contributed by atoms with Gasteiger partial charge in [0, 0.05) is 23.9 Å². The molecule has 2 aromatic carbocycles. The number of nitrogens with zero attached hydrogens (tertiary/aromatic N) is 1. The highest BCUT2D eigenvalue weighted by Gasteiger charge is 2.05. The maximum absolute atomic E-state index is 5.72. The molecule has 0 aliphatic carbocycles. The lowest BCUT2D eigenvalue weighted by Gasteiger charge is -2.01. The monoisotopic (exact) mass is 308 g/mol. The molecule has 0 radical (unpaired) electrons. The van der Waals surface area contributed by atoms with Crippen molar-refractivity contribution in [2.75, 3.05) is 5.73 Å². The fourth-order valence-electron chi connectivity index (χ4n) is 2.42. The third-order valence-corrected chi connectivity index (χ3v) is 4.65. The molecule has 0 aliphatic heterocycles. The van der Waals surface area contributed by atoms with Crippen LogP contribution < -0.4 is 5.73 Å². The lowest BCUT2D eigenvalue weighted by Crippen LogP contribution is -1.92. The van der Waals surface area contributed by atoms with E-state index in [4.69, 9.17) is 10.7 Å². The van der Waals surface area contributed by atoms with E-state index < -0.39 is 0 Å². The Morgan fingerprint density at radius 1 is 0.864 bits per heavy atom. The summed E-state index contributed by atoms with van der Waals surface area (Å²) in [6.45, 7) is 2.18. The SMILES string of the molecule is CCc1ccc(Cc2csc(Cc3ccc(N)cc3)n2)cc1. The molecule has 0 unspecified atom stereocenters. The molecule has 3 aromatic rings. The van der Waals surface area contributed by atoms with Crippen LogP contribution in [0.25, 0.3) is 0 Å². The normalized spacial score (nSPS) is 10.8. The molecule has 112 valence electrons. The summed E-state index contributed by atoms with van der Waals surface area (Å²) < 4.78 is 0. The minimum Gasteiger partial charge on any atom is -0.399 e. The molecule has 0 aliphatic rings. The summed E-state index contributed by atoms with van der Waals surface area (Å²) in [4.78, 5) is 4.75. The molecule has 0 atom stereocenters. The molecule has 0 bridgehead atoms. The molecule has 0 amide bonds. The van der Waals surface area contributed by atoms with Gasteiger partial charge in [-0.3, -0.25) is 0 Å². The van der Waals surface area contributed by atoms with Crippen LogP contribution in [0.5, 0.6) is 0 Å². The molecule has 1 heterocycles. The maximum Gasteiger partial charge on any atom is 0.0972 e. The fraction of sp³-hybridized carbons (Fsp3) is 0.211. The predicted molar refractivity (Wildman–Crippen MR) is 94.4 cm³/mol. The van der Waals surface area contributed by atoms with Gasteiger partial charge in [-0.1, -0.05) is 43.3 Å². The van der Waals surface area contributed by atoms with Crippen molar-refractivity contribution in [2.24, 2.45) is 0 Å². The summed E-state index contributed by atoms with van der Waals surface area (Å²) in [5.41, 5.74) is 11.6. The summed E-state index contributed by atoms with van der Waals surface area (Å²) in [6, 6.07) is 16.8. The van der Waals surface area contributed by atoms with Crippen LogP contribution in [0, 0.1) is 0 Å². The predicted octanol–water partition coefficient (Wildman–Crippen LogP) is 4.47. The Bertz CT molecular complexity index is 727. The van der Waals surface area contributed by atoms with Crippen LogP contribution in [0.3, 0.4) is 0 Å². The third-order valence-electron chi connectivity index (χ3n) is 3.75. The van der Waals surface area contributed by atoms with Crippen molar-refractivity contribution in [3.05, 3.63) is 81.3 Å². The van der Waals surface area contributed by atoms with Crippen molar-refractivity contribution in [2.45, 2.75) is 26.2 Å². The Kier molecular flexibility index (Phi) is 4.54. The van der Waals surface area contributed by atoms with Crippen molar-refractivity contribution in [1.29, 1.82) is 0 Å². The molecule has 1 aromatic heterocycles. The van der Waals surface area contributed by atoms with Gasteiger partial charge in [-0.15, -0.1) is 11.3 Å². The quantitative estimate of drug-likeness (QED) is 0.706. The van der Waals surface area contributed by atoms with Gasteiger partial charge in [-0.05, 0) is 35.2 Å².